The Balaban J connectivity index is 1.77. The molecule has 1 aromatic carbocycles. The van der Waals surface area contributed by atoms with Crippen molar-refractivity contribution in [3.05, 3.63) is 29.8 Å². The van der Waals surface area contributed by atoms with Crippen LogP contribution in [0.3, 0.4) is 0 Å². The van der Waals surface area contributed by atoms with E-state index in [1.54, 1.807) is 7.05 Å². The van der Waals surface area contributed by atoms with Gasteiger partial charge in [0.15, 0.2) is 0 Å². The molecule has 1 aromatic rings. The van der Waals surface area contributed by atoms with Gasteiger partial charge in [-0.3, -0.25) is 0 Å². The maximum absolute atomic E-state index is 12.6. The summed E-state index contributed by atoms with van der Waals surface area (Å²) in [4.78, 5) is 13.8. The monoisotopic (exact) mass is 451 g/mol. The van der Waals surface area contributed by atoms with E-state index in [-0.39, 0.29) is 17.9 Å². The lowest BCUT2D eigenvalue weighted by atomic mass is 9.92. The standard InChI is InChI=1S/C19H25BrF3NO3/c1-24(15-6-10-16(11-7-15)26-13-3-2-12-20)18(25)27-17-8-4-14(5-9-17)19(21,22)23/h4-5,8-9,15-16H,2-3,6-7,10-13H2,1H3/t15-,16-. The first-order valence-electron chi connectivity index (χ1n) is 9.10. The number of rotatable bonds is 7. The number of ether oxygens (including phenoxy) is 2. The van der Waals surface area contributed by atoms with Gasteiger partial charge >= 0.3 is 12.3 Å². The van der Waals surface area contributed by atoms with Crippen molar-refractivity contribution < 1.29 is 27.4 Å². The lowest BCUT2D eigenvalue weighted by molar-refractivity contribution is -0.137. The summed E-state index contributed by atoms with van der Waals surface area (Å²) >= 11 is 3.39. The minimum Gasteiger partial charge on any atom is -0.410 e. The van der Waals surface area contributed by atoms with Crippen LogP contribution in [-0.4, -0.2) is 42.1 Å². The fourth-order valence-electron chi connectivity index (χ4n) is 3.08. The Labute approximate surface area is 166 Å². The predicted molar refractivity (Wildman–Crippen MR) is 100 cm³/mol. The van der Waals surface area contributed by atoms with Gasteiger partial charge in [0.05, 0.1) is 11.7 Å². The molecule has 1 amide bonds. The molecule has 0 unspecified atom stereocenters. The van der Waals surface area contributed by atoms with E-state index < -0.39 is 17.8 Å². The summed E-state index contributed by atoms with van der Waals surface area (Å²) in [7, 11) is 1.66. The molecule has 1 aliphatic carbocycles. The molecule has 0 aliphatic heterocycles. The van der Waals surface area contributed by atoms with Crippen molar-refractivity contribution in [1.82, 2.24) is 4.90 Å². The van der Waals surface area contributed by atoms with Gasteiger partial charge in [-0.15, -0.1) is 0 Å². The zero-order chi connectivity index (χ0) is 19.9. The highest BCUT2D eigenvalue weighted by Gasteiger charge is 2.31. The van der Waals surface area contributed by atoms with Crippen LogP contribution in [0, 0.1) is 0 Å². The second kappa shape index (κ2) is 10.3. The number of carbonyl (C=O) groups is 1. The molecule has 2 rings (SSSR count). The lowest BCUT2D eigenvalue weighted by Crippen LogP contribution is -2.42. The van der Waals surface area contributed by atoms with Gasteiger partial charge in [-0.1, -0.05) is 15.9 Å². The van der Waals surface area contributed by atoms with Gasteiger partial charge in [-0.2, -0.15) is 13.2 Å². The smallest absolute Gasteiger partial charge is 0.410 e. The van der Waals surface area contributed by atoms with Gasteiger partial charge < -0.3 is 14.4 Å². The molecule has 152 valence electrons. The summed E-state index contributed by atoms with van der Waals surface area (Å²) in [5, 5.41) is 0.981. The van der Waals surface area contributed by atoms with Crippen molar-refractivity contribution in [3.63, 3.8) is 0 Å². The van der Waals surface area contributed by atoms with Gasteiger partial charge in [0.1, 0.15) is 5.75 Å². The number of carbonyl (C=O) groups excluding carboxylic acids is 1. The topological polar surface area (TPSA) is 38.8 Å². The second-order valence-corrected chi connectivity index (χ2v) is 7.49. The maximum atomic E-state index is 12.6. The number of alkyl halides is 4. The first kappa shape index (κ1) is 22.0. The van der Waals surface area contributed by atoms with Gasteiger partial charge in [-0.05, 0) is 62.8 Å². The number of amides is 1. The number of unbranched alkanes of at least 4 members (excludes halogenated alkanes) is 1. The molecule has 0 saturated heterocycles. The Hall–Kier alpha value is -1.28. The Kier molecular flexibility index (Phi) is 8.41. The summed E-state index contributed by atoms with van der Waals surface area (Å²) in [6.45, 7) is 0.757. The minimum absolute atomic E-state index is 0.0503. The quantitative estimate of drug-likeness (QED) is 0.397. The average molecular weight is 452 g/mol. The van der Waals surface area contributed by atoms with Gasteiger partial charge in [0.25, 0.3) is 0 Å². The highest BCUT2D eigenvalue weighted by Crippen LogP contribution is 2.30. The first-order chi connectivity index (χ1) is 12.8. The van der Waals surface area contributed by atoms with Crippen LogP contribution in [0.25, 0.3) is 0 Å². The molecule has 4 nitrogen and oxygen atoms in total. The van der Waals surface area contributed by atoms with Crippen molar-refractivity contribution >= 4 is 22.0 Å². The minimum atomic E-state index is -4.41. The molecule has 0 radical (unpaired) electrons. The van der Waals surface area contributed by atoms with Gasteiger partial charge in [0, 0.05) is 25.0 Å². The Bertz CT molecular complexity index is 587. The molecular formula is C19H25BrF3NO3. The van der Waals surface area contributed by atoms with Crippen molar-refractivity contribution in [2.24, 2.45) is 0 Å². The number of benzene rings is 1. The average Bonchev–Trinajstić information content (AvgIpc) is 2.65. The normalized spacial score (nSPS) is 20.3. The molecule has 0 heterocycles. The van der Waals surface area contributed by atoms with Crippen LogP contribution >= 0.6 is 15.9 Å². The molecule has 8 heteroatoms. The SMILES string of the molecule is CN(C(=O)Oc1ccc(C(F)(F)F)cc1)[C@H]1CC[C@H](OCCCCBr)CC1. The van der Waals surface area contributed by atoms with Crippen LogP contribution in [-0.2, 0) is 10.9 Å². The van der Waals surface area contributed by atoms with Gasteiger partial charge in [-0.25, -0.2) is 4.79 Å². The predicted octanol–water partition coefficient (Wildman–Crippen LogP) is 5.64. The van der Waals surface area contributed by atoms with Crippen LogP contribution < -0.4 is 4.74 Å². The van der Waals surface area contributed by atoms with E-state index in [0.717, 1.165) is 74.7 Å². The third-order valence-corrected chi connectivity index (χ3v) is 5.31. The fraction of sp³-hybridized carbons (Fsp3) is 0.632. The molecule has 1 fully saturated rings. The molecule has 0 aromatic heterocycles. The van der Waals surface area contributed by atoms with Crippen molar-refractivity contribution in [2.75, 3.05) is 19.0 Å². The van der Waals surface area contributed by atoms with Crippen LogP contribution in [0.15, 0.2) is 24.3 Å². The van der Waals surface area contributed by atoms with Gasteiger partial charge in [0.2, 0.25) is 0 Å². The maximum Gasteiger partial charge on any atom is 0.416 e. The summed E-state index contributed by atoms with van der Waals surface area (Å²) in [6, 6.07) is 4.18. The second-order valence-electron chi connectivity index (χ2n) is 6.70. The van der Waals surface area contributed by atoms with Crippen LogP contribution in [0.2, 0.25) is 0 Å². The first-order valence-corrected chi connectivity index (χ1v) is 10.2. The summed E-state index contributed by atoms with van der Waals surface area (Å²) in [6.07, 6.45) is 0.802. The Morgan fingerprint density at radius 1 is 1.15 bits per heavy atom. The molecule has 27 heavy (non-hydrogen) atoms. The Morgan fingerprint density at radius 2 is 1.78 bits per heavy atom. The van der Waals surface area contributed by atoms with Crippen molar-refractivity contribution in [3.8, 4) is 5.75 Å². The molecule has 0 N–H and O–H groups in total. The van der Waals surface area contributed by atoms with E-state index in [9.17, 15) is 18.0 Å². The number of nitrogens with zero attached hydrogens (tertiary/aromatic N) is 1. The van der Waals surface area contributed by atoms with Crippen LogP contribution in [0.1, 0.15) is 44.1 Å². The molecule has 0 atom stereocenters. The number of hydrogen-bond acceptors (Lipinski definition) is 3. The molecule has 0 spiro atoms. The van der Waals surface area contributed by atoms with Crippen LogP contribution in [0.4, 0.5) is 18.0 Å². The van der Waals surface area contributed by atoms with Crippen molar-refractivity contribution in [1.29, 1.82) is 0 Å². The lowest BCUT2D eigenvalue weighted by Gasteiger charge is -2.34. The molecule has 1 saturated carbocycles. The summed E-state index contributed by atoms with van der Waals surface area (Å²) < 4.78 is 48.8. The van der Waals surface area contributed by atoms with E-state index in [0.29, 0.717) is 0 Å². The molecule has 0 bridgehead atoms. The highest BCUT2D eigenvalue weighted by atomic mass is 79.9. The fourth-order valence-corrected chi connectivity index (χ4v) is 3.48. The zero-order valence-corrected chi connectivity index (χ0v) is 16.9. The third-order valence-electron chi connectivity index (χ3n) is 4.75. The molecule has 1 aliphatic rings. The largest absolute Gasteiger partial charge is 0.416 e. The van der Waals surface area contributed by atoms with Crippen LogP contribution in [0.5, 0.6) is 5.75 Å². The number of hydrogen-bond donors (Lipinski definition) is 0. The summed E-state index contributed by atoms with van der Waals surface area (Å²) in [5.74, 6) is 0.101. The van der Waals surface area contributed by atoms with E-state index in [4.69, 9.17) is 9.47 Å². The van der Waals surface area contributed by atoms with E-state index >= 15 is 0 Å². The third kappa shape index (κ3) is 6.99. The number of halogens is 4. The highest BCUT2D eigenvalue weighted by molar-refractivity contribution is 9.09. The Morgan fingerprint density at radius 3 is 2.33 bits per heavy atom. The van der Waals surface area contributed by atoms with E-state index in [2.05, 4.69) is 15.9 Å². The van der Waals surface area contributed by atoms with E-state index in [1.165, 1.54) is 4.90 Å². The van der Waals surface area contributed by atoms with E-state index in [1.807, 2.05) is 0 Å². The molecular weight excluding hydrogens is 427 g/mol. The van der Waals surface area contributed by atoms with Crippen molar-refractivity contribution in [2.45, 2.75) is 56.8 Å². The zero-order valence-electron chi connectivity index (χ0n) is 15.3. The summed E-state index contributed by atoms with van der Waals surface area (Å²) in [5.41, 5.74) is -0.773.